The largest absolute Gasteiger partial charge is 0.301 e. The van der Waals surface area contributed by atoms with Gasteiger partial charge in [0.2, 0.25) is 0 Å². The Morgan fingerprint density at radius 1 is 1.50 bits per heavy atom. The number of aryl methyl sites for hydroxylation is 1. The summed E-state index contributed by atoms with van der Waals surface area (Å²) >= 11 is 1.81. The molecule has 16 heavy (non-hydrogen) atoms. The van der Waals surface area contributed by atoms with E-state index in [0.717, 1.165) is 12.5 Å². The summed E-state index contributed by atoms with van der Waals surface area (Å²) in [6.07, 6.45) is 10.5. The van der Waals surface area contributed by atoms with Crippen molar-refractivity contribution < 1.29 is 0 Å². The molecule has 0 saturated carbocycles. The van der Waals surface area contributed by atoms with Gasteiger partial charge in [0.1, 0.15) is 0 Å². The van der Waals surface area contributed by atoms with Crippen molar-refractivity contribution in [2.45, 2.75) is 32.7 Å². The summed E-state index contributed by atoms with van der Waals surface area (Å²) in [5.74, 6) is 0.851. The average Bonchev–Trinajstić information content (AvgIpc) is 2.65. The fraction of sp³-hybridized carbons (Fsp3) is 0.615. The van der Waals surface area contributed by atoms with E-state index in [0.29, 0.717) is 0 Å². The van der Waals surface area contributed by atoms with E-state index in [1.54, 1.807) is 0 Å². The van der Waals surface area contributed by atoms with E-state index in [2.05, 4.69) is 36.0 Å². The molecular formula is C13H20N2S. The van der Waals surface area contributed by atoms with Crippen LogP contribution in [0.1, 0.15) is 29.1 Å². The molecular weight excluding hydrogens is 216 g/mol. The molecule has 1 unspecified atom stereocenters. The molecule has 1 aromatic rings. The topological polar surface area (TPSA) is 16.1 Å². The number of aromatic nitrogens is 1. The lowest BCUT2D eigenvalue weighted by Gasteiger charge is -2.24. The van der Waals surface area contributed by atoms with Crippen LogP contribution in [0.3, 0.4) is 0 Å². The van der Waals surface area contributed by atoms with Crippen LogP contribution in [0.15, 0.2) is 18.3 Å². The summed E-state index contributed by atoms with van der Waals surface area (Å²) in [5.41, 5.74) is 0. The molecule has 1 aliphatic rings. The van der Waals surface area contributed by atoms with Crippen LogP contribution in [-0.4, -0.2) is 23.5 Å². The van der Waals surface area contributed by atoms with Gasteiger partial charge in [0, 0.05) is 24.2 Å². The van der Waals surface area contributed by atoms with Gasteiger partial charge in [-0.2, -0.15) is 0 Å². The SMILES string of the molecule is Cc1ncc(CN(C)CC2CC=CCC2)s1. The predicted octanol–water partition coefficient (Wildman–Crippen LogP) is 3.24. The molecule has 0 fully saturated rings. The number of hydrogen-bond acceptors (Lipinski definition) is 3. The van der Waals surface area contributed by atoms with Crippen LogP contribution in [0.2, 0.25) is 0 Å². The van der Waals surface area contributed by atoms with Crippen molar-refractivity contribution in [1.29, 1.82) is 0 Å². The van der Waals surface area contributed by atoms with E-state index in [9.17, 15) is 0 Å². The van der Waals surface area contributed by atoms with Crippen molar-refractivity contribution in [2.24, 2.45) is 5.92 Å². The molecule has 2 rings (SSSR count). The fourth-order valence-corrected chi connectivity index (χ4v) is 3.15. The van der Waals surface area contributed by atoms with Crippen LogP contribution in [0.5, 0.6) is 0 Å². The molecule has 3 heteroatoms. The Labute approximate surface area is 102 Å². The molecule has 0 N–H and O–H groups in total. The highest BCUT2D eigenvalue weighted by molar-refractivity contribution is 7.11. The monoisotopic (exact) mass is 236 g/mol. The van der Waals surface area contributed by atoms with Crippen molar-refractivity contribution in [3.05, 3.63) is 28.2 Å². The van der Waals surface area contributed by atoms with E-state index in [1.165, 1.54) is 35.7 Å². The van der Waals surface area contributed by atoms with Crippen molar-refractivity contribution in [2.75, 3.05) is 13.6 Å². The standard InChI is InChI=1S/C13H20N2S/c1-11-14-8-13(16-11)10-15(2)9-12-6-4-3-5-7-12/h3-4,8,12H,5-7,9-10H2,1-2H3. The van der Waals surface area contributed by atoms with Gasteiger partial charge < -0.3 is 4.90 Å². The molecule has 0 bridgehead atoms. The van der Waals surface area contributed by atoms with Crippen molar-refractivity contribution >= 4 is 11.3 Å². The number of thiazole rings is 1. The summed E-state index contributed by atoms with van der Waals surface area (Å²) < 4.78 is 0. The minimum Gasteiger partial charge on any atom is -0.301 e. The zero-order valence-corrected chi connectivity index (χ0v) is 11.0. The fourth-order valence-electron chi connectivity index (χ4n) is 2.27. The van der Waals surface area contributed by atoms with Crippen LogP contribution < -0.4 is 0 Å². The lowest BCUT2D eigenvalue weighted by molar-refractivity contribution is 0.260. The maximum absolute atomic E-state index is 4.30. The van der Waals surface area contributed by atoms with Crippen LogP contribution >= 0.6 is 11.3 Å². The average molecular weight is 236 g/mol. The second-order valence-corrected chi connectivity index (χ2v) is 6.01. The number of nitrogens with zero attached hydrogens (tertiary/aromatic N) is 2. The van der Waals surface area contributed by atoms with Gasteiger partial charge in [-0.25, -0.2) is 4.98 Å². The summed E-state index contributed by atoms with van der Waals surface area (Å²) in [4.78, 5) is 8.11. The molecule has 1 heterocycles. The first-order chi connectivity index (χ1) is 7.74. The van der Waals surface area contributed by atoms with Crippen LogP contribution in [0, 0.1) is 12.8 Å². The first-order valence-corrected chi connectivity index (χ1v) is 6.80. The highest BCUT2D eigenvalue weighted by Gasteiger charge is 2.13. The molecule has 0 spiro atoms. The van der Waals surface area contributed by atoms with Crippen molar-refractivity contribution in [3.63, 3.8) is 0 Å². The normalized spacial score (nSPS) is 20.6. The van der Waals surface area contributed by atoms with Gasteiger partial charge >= 0.3 is 0 Å². The van der Waals surface area contributed by atoms with E-state index in [1.807, 2.05) is 17.5 Å². The Kier molecular flexibility index (Phi) is 4.13. The predicted molar refractivity (Wildman–Crippen MR) is 69.7 cm³/mol. The lowest BCUT2D eigenvalue weighted by Crippen LogP contribution is -2.25. The van der Waals surface area contributed by atoms with Gasteiger partial charge in [0.05, 0.1) is 5.01 Å². The quantitative estimate of drug-likeness (QED) is 0.746. The van der Waals surface area contributed by atoms with Crippen LogP contribution in [0.25, 0.3) is 0 Å². The number of rotatable bonds is 4. The second-order valence-electron chi connectivity index (χ2n) is 4.69. The van der Waals surface area contributed by atoms with Crippen molar-refractivity contribution in [1.82, 2.24) is 9.88 Å². The molecule has 1 atom stereocenters. The molecule has 0 amide bonds. The first kappa shape index (κ1) is 11.8. The molecule has 0 saturated heterocycles. The van der Waals surface area contributed by atoms with Gasteiger partial charge in [-0.3, -0.25) is 0 Å². The first-order valence-electron chi connectivity index (χ1n) is 5.99. The molecule has 88 valence electrons. The second kappa shape index (κ2) is 5.60. The van der Waals surface area contributed by atoms with Gasteiger partial charge in [-0.05, 0) is 39.2 Å². The highest BCUT2D eigenvalue weighted by atomic mass is 32.1. The maximum Gasteiger partial charge on any atom is 0.0897 e. The molecule has 0 aliphatic heterocycles. The highest BCUT2D eigenvalue weighted by Crippen LogP contribution is 2.20. The molecule has 2 nitrogen and oxygen atoms in total. The minimum absolute atomic E-state index is 0.851. The smallest absolute Gasteiger partial charge is 0.0897 e. The summed E-state index contributed by atoms with van der Waals surface area (Å²) in [7, 11) is 2.22. The number of hydrogen-bond donors (Lipinski definition) is 0. The summed E-state index contributed by atoms with van der Waals surface area (Å²) in [6.45, 7) is 4.33. The molecule has 1 aliphatic carbocycles. The molecule has 0 radical (unpaired) electrons. The zero-order valence-electron chi connectivity index (χ0n) is 10.1. The van der Waals surface area contributed by atoms with Crippen LogP contribution in [0.4, 0.5) is 0 Å². The van der Waals surface area contributed by atoms with E-state index < -0.39 is 0 Å². The van der Waals surface area contributed by atoms with Gasteiger partial charge in [-0.1, -0.05) is 12.2 Å². The van der Waals surface area contributed by atoms with E-state index in [4.69, 9.17) is 0 Å². The van der Waals surface area contributed by atoms with Crippen molar-refractivity contribution in [3.8, 4) is 0 Å². The van der Waals surface area contributed by atoms with Crippen LogP contribution in [-0.2, 0) is 6.54 Å². The van der Waals surface area contributed by atoms with E-state index >= 15 is 0 Å². The van der Waals surface area contributed by atoms with Gasteiger partial charge in [-0.15, -0.1) is 11.3 Å². The Morgan fingerprint density at radius 2 is 2.38 bits per heavy atom. The third-order valence-corrected chi connectivity index (χ3v) is 3.94. The van der Waals surface area contributed by atoms with Gasteiger partial charge in [0.15, 0.2) is 0 Å². The Morgan fingerprint density at radius 3 is 3.00 bits per heavy atom. The third kappa shape index (κ3) is 3.42. The minimum atomic E-state index is 0.851. The Bertz CT molecular complexity index is 357. The van der Waals surface area contributed by atoms with E-state index in [-0.39, 0.29) is 0 Å². The Balaban J connectivity index is 1.79. The third-order valence-electron chi connectivity index (χ3n) is 3.04. The molecule has 0 aromatic carbocycles. The molecule has 1 aromatic heterocycles. The maximum atomic E-state index is 4.30. The zero-order chi connectivity index (χ0) is 11.4. The summed E-state index contributed by atoms with van der Waals surface area (Å²) in [6, 6.07) is 0. The number of allylic oxidation sites excluding steroid dienone is 2. The lowest BCUT2D eigenvalue weighted by atomic mass is 9.94. The summed E-state index contributed by atoms with van der Waals surface area (Å²) in [5, 5.41) is 1.17. The van der Waals surface area contributed by atoms with Gasteiger partial charge in [0.25, 0.3) is 0 Å². The Hall–Kier alpha value is -0.670.